The van der Waals surface area contributed by atoms with E-state index in [-0.39, 0.29) is 0 Å². The van der Waals surface area contributed by atoms with E-state index >= 15 is 0 Å². The van der Waals surface area contributed by atoms with Crippen molar-refractivity contribution in [3.05, 3.63) is 17.5 Å². The van der Waals surface area contributed by atoms with Crippen LogP contribution in [0.3, 0.4) is 0 Å². The topological polar surface area (TPSA) is 38.7 Å². The Labute approximate surface area is 110 Å². The van der Waals surface area contributed by atoms with Gasteiger partial charge in [0, 0.05) is 0 Å². The van der Waals surface area contributed by atoms with Crippen molar-refractivity contribution in [2.45, 2.75) is 16.1 Å². The number of halogens is 9. The molecular formula is C6Cl3F6N3. The van der Waals surface area contributed by atoms with Gasteiger partial charge < -0.3 is 0 Å². The normalized spacial score (nSPS) is 13.8. The Balaban J connectivity index is 3.49. The van der Waals surface area contributed by atoms with Gasteiger partial charge in [-0.1, -0.05) is 34.8 Å². The lowest BCUT2D eigenvalue weighted by Gasteiger charge is -2.14. The largest absolute Gasteiger partial charge is 0.451 e. The molecule has 0 aliphatic carbocycles. The highest BCUT2D eigenvalue weighted by Gasteiger charge is 2.43. The van der Waals surface area contributed by atoms with E-state index in [9.17, 15) is 26.3 Å². The molecule has 0 fully saturated rings. The third-order valence-corrected chi connectivity index (χ3v) is 1.90. The highest BCUT2D eigenvalue weighted by Crippen LogP contribution is 2.38. The summed E-state index contributed by atoms with van der Waals surface area (Å²) in [6, 6.07) is 0. The molecule has 0 aliphatic heterocycles. The maximum atomic E-state index is 12.3. The zero-order valence-electron chi connectivity index (χ0n) is 7.74. The summed E-state index contributed by atoms with van der Waals surface area (Å²) in [4.78, 5) is 7.53. The average molecular weight is 334 g/mol. The van der Waals surface area contributed by atoms with Crippen molar-refractivity contribution < 1.29 is 26.3 Å². The lowest BCUT2D eigenvalue weighted by molar-refractivity contribution is -0.155. The third kappa shape index (κ3) is 3.72. The number of alkyl halides is 9. The molecule has 1 rings (SSSR count). The minimum Gasteiger partial charge on any atom is -0.204 e. The number of aromatic nitrogens is 3. The number of rotatable bonds is 0. The summed E-state index contributed by atoms with van der Waals surface area (Å²) in [5.41, 5.74) is 0. The predicted molar refractivity (Wildman–Crippen MR) is 49.1 cm³/mol. The summed E-state index contributed by atoms with van der Waals surface area (Å²) in [6.07, 6.45) is -10.5. The summed E-state index contributed by atoms with van der Waals surface area (Å²) in [5, 5.41) is 0. The standard InChI is InChI=1S/C6Cl3F6N3/c7-4(8,9)1-16-2(5(10,11)12)18-3(17-1)6(13,14)15. The monoisotopic (exact) mass is 333 g/mol. The van der Waals surface area contributed by atoms with Crippen LogP contribution in [0.2, 0.25) is 0 Å². The fourth-order valence-corrected chi connectivity index (χ4v) is 1.01. The van der Waals surface area contributed by atoms with Crippen LogP contribution in [0.4, 0.5) is 26.3 Å². The smallest absolute Gasteiger partial charge is 0.204 e. The first-order valence-electron chi connectivity index (χ1n) is 3.79. The van der Waals surface area contributed by atoms with Crippen molar-refractivity contribution in [2.24, 2.45) is 0 Å². The Hall–Kier alpha value is -0.540. The van der Waals surface area contributed by atoms with Crippen molar-refractivity contribution in [1.29, 1.82) is 0 Å². The molecule has 1 heterocycles. The van der Waals surface area contributed by atoms with Crippen LogP contribution in [-0.4, -0.2) is 15.0 Å². The predicted octanol–water partition coefficient (Wildman–Crippen LogP) is 3.74. The average Bonchev–Trinajstić information content (AvgIpc) is 2.13. The number of hydrogen-bond acceptors (Lipinski definition) is 3. The second-order valence-electron chi connectivity index (χ2n) is 2.80. The van der Waals surface area contributed by atoms with Gasteiger partial charge in [0.1, 0.15) is 0 Å². The summed E-state index contributed by atoms with van der Waals surface area (Å²) < 4.78 is 71.0. The fourth-order valence-electron chi connectivity index (χ4n) is 0.756. The van der Waals surface area contributed by atoms with Crippen LogP contribution in [-0.2, 0) is 16.1 Å². The highest BCUT2D eigenvalue weighted by atomic mass is 35.6. The Kier molecular flexibility index (Phi) is 3.91. The van der Waals surface area contributed by atoms with E-state index in [4.69, 9.17) is 34.8 Å². The highest BCUT2D eigenvalue weighted by molar-refractivity contribution is 6.66. The first-order valence-corrected chi connectivity index (χ1v) is 4.93. The Bertz CT molecular complexity index is 372. The molecule has 0 saturated heterocycles. The molecule has 0 unspecified atom stereocenters. The van der Waals surface area contributed by atoms with Crippen LogP contribution in [0.25, 0.3) is 0 Å². The molecule has 18 heavy (non-hydrogen) atoms. The Morgan fingerprint density at radius 1 is 0.611 bits per heavy atom. The molecule has 3 nitrogen and oxygen atoms in total. The van der Waals surface area contributed by atoms with E-state index in [1.54, 1.807) is 0 Å². The first-order chi connectivity index (χ1) is 7.82. The van der Waals surface area contributed by atoms with Crippen molar-refractivity contribution in [3.8, 4) is 0 Å². The van der Waals surface area contributed by atoms with Crippen LogP contribution in [0.5, 0.6) is 0 Å². The molecule has 0 aliphatic rings. The molecule has 0 aromatic carbocycles. The molecule has 0 radical (unpaired) electrons. The zero-order valence-corrected chi connectivity index (χ0v) is 10.0. The summed E-state index contributed by atoms with van der Waals surface area (Å²) in [5.74, 6) is -5.44. The van der Waals surface area contributed by atoms with Gasteiger partial charge in [0.05, 0.1) is 0 Å². The van der Waals surface area contributed by atoms with Crippen LogP contribution in [0, 0.1) is 0 Å². The molecule has 12 heteroatoms. The van der Waals surface area contributed by atoms with Gasteiger partial charge in [-0.25, -0.2) is 15.0 Å². The molecule has 0 bridgehead atoms. The summed E-state index contributed by atoms with van der Waals surface area (Å²) in [6.45, 7) is 0. The van der Waals surface area contributed by atoms with Crippen LogP contribution >= 0.6 is 34.8 Å². The molecule has 0 spiro atoms. The summed E-state index contributed by atoms with van der Waals surface area (Å²) in [7, 11) is 0. The second-order valence-corrected chi connectivity index (χ2v) is 5.08. The van der Waals surface area contributed by atoms with E-state index in [2.05, 4.69) is 15.0 Å². The van der Waals surface area contributed by atoms with Gasteiger partial charge in [0.15, 0.2) is 5.82 Å². The van der Waals surface area contributed by atoms with E-state index in [0.29, 0.717) is 0 Å². The molecular weight excluding hydrogens is 334 g/mol. The van der Waals surface area contributed by atoms with E-state index in [0.717, 1.165) is 0 Å². The minimum absolute atomic E-state index is 1.26. The van der Waals surface area contributed by atoms with Crippen LogP contribution in [0.15, 0.2) is 0 Å². The molecule has 0 saturated carbocycles. The van der Waals surface area contributed by atoms with Gasteiger partial charge in [-0.15, -0.1) is 0 Å². The number of nitrogens with zero attached hydrogens (tertiary/aromatic N) is 3. The lowest BCUT2D eigenvalue weighted by Crippen LogP contribution is -2.23. The van der Waals surface area contributed by atoms with Crippen molar-refractivity contribution in [2.75, 3.05) is 0 Å². The molecule has 1 aromatic rings. The van der Waals surface area contributed by atoms with Crippen molar-refractivity contribution in [3.63, 3.8) is 0 Å². The van der Waals surface area contributed by atoms with Crippen molar-refractivity contribution >= 4 is 34.8 Å². The molecule has 0 atom stereocenters. The quantitative estimate of drug-likeness (QED) is 0.536. The van der Waals surface area contributed by atoms with Gasteiger partial charge in [0.2, 0.25) is 15.4 Å². The van der Waals surface area contributed by atoms with Crippen LogP contribution in [0.1, 0.15) is 17.5 Å². The van der Waals surface area contributed by atoms with E-state index < -0.39 is 33.6 Å². The van der Waals surface area contributed by atoms with E-state index in [1.807, 2.05) is 0 Å². The van der Waals surface area contributed by atoms with Gasteiger partial charge >= 0.3 is 12.4 Å². The molecule has 1 aromatic heterocycles. The van der Waals surface area contributed by atoms with Gasteiger partial charge in [-0.05, 0) is 0 Å². The Morgan fingerprint density at radius 3 is 1.11 bits per heavy atom. The maximum absolute atomic E-state index is 12.3. The fraction of sp³-hybridized carbons (Fsp3) is 0.500. The van der Waals surface area contributed by atoms with E-state index in [1.165, 1.54) is 0 Å². The Morgan fingerprint density at radius 2 is 0.889 bits per heavy atom. The number of hydrogen-bond donors (Lipinski definition) is 0. The lowest BCUT2D eigenvalue weighted by atomic mass is 10.5. The van der Waals surface area contributed by atoms with Gasteiger partial charge in [0.25, 0.3) is 0 Å². The summed E-state index contributed by atoms with van der Waals surface area (Å²) >= 11 is 15.4. The van der Waals surface area contributed by atoms with Crippen LogP contribution < -0.4 is 0 Å². The SMILES string of the molecule is FC(F)(F)c1nc(C(F)(F)F)nc(C(Cl)(Cl)Cl)n1. The molecule has 0 amide bonds. The maximum Gasteiger partial charge on any atom is 0.451 e. The molecule has 102 valence electrons. The second kappa shape index (κ2) is 4.53. The zero-order chi connectivity index (χ0) is 14.4. The third-order valence-electron chi connectivity index (χ3n) is 1.40. The van der Waals surface area contributed by atoms with Crippen molar-refractivity contribution in [1.82, 2.24) is 15.0 Å². The first kappa shape index (κ1) is 15.5. The van der Waals surface area contributed by atoms with Gasteiger partial charge in [-0.2, -0.15) is 26.3 Å². The van der Waals surface area contributed by atoms with Gasteiger partial charge in [-0.3, -0.25) is 0 Å². The minimum atomic E-state index is -5.23. The molecule has 0 N–H and O–H groups in total.